The maximum atomic E-state index is 6.09. The van der Waals surface area contributed by atoms with Crippen molar-refractivity contribution in [2.75, 3.05) is 19.3 Å². The molecule has 0 fully saturated rings. The van der Waals surface area contributed by atoms with E-state index in [0.29, 0.717) is 0 Å². The topological polar surface area (TPSA) is 29.3 Å². The zero-order valence-corrected chi connectivity index (χ0v) is 10.2. The highest BCUT2D eigenvalue weighted by Gasteiger charge is 2.04. The van der Waals surface area contributed by atoms with Gasteiger partial charge in [-0.2, -0.15) is 0 Å². The number of anilines is 1. The fourth-order valence-corrected chi connectivity index (χ4v) is 1.69. The van der Waals surface area contributed by atoms with Crippen molar-refractivity contribution in [3.8, 4) is 0 Å². The average molecular weight is 227 g/mol. The minimum atomic E-state index is 0.776. The normalized spacial score (nSPS) is 10.9. The fourth-order valence-electron chi connectivity index (χ4n) is 1.51. The van der Waals surface area contributed by atoms with Crippen LogP contribution in [0.5, 0.6) is 0 Å². The summed E-state index contributed by atoms with van der Waals surface area (Å²) in [6.45, 7) is 4.16. The summed E-state index contributed by atoms with van der Waals surface area (Å²) in [6, 6.07) is 5.64. The maximum absolute atomic E-state index is 6.09. The lowest BCUT2D eigenvalue weighted by Crippen LogP contribution is -2.19. The van der Waals surface area contributed by atoms with Gasteiger partial charge >= 0.3 is 0 Å². The molecule has 15 heavy (non-hydrogen) atoms. The average Bonchev–Trinajstić information content (AvgIpc) is 2.20. The van der Waals surface area contributed by atoms with Crippen LogP contribution in [0.25, 0.3) is 0 Å². The van der Waals surface area contributed by atoms with E-state index in [1.165, 1.54) is 12.8 Å². The van der Waals surface area contributed by atoms with Crippen LogP contribution in [0.3, 0.4) is 0 Å². The second-order valence-corrected chi connectivity index (χ2v) is 4.35. The molecular weight excluding hydrogens is 208 g/mol. The Labute approximate surface area is 97.0 Å². The lowest BCUT2D eigenvalue weighted by molar-refractivity contribution is 0.321. The molecule has 0 aliphatic carbocycles. The zero-order valence-electron chi connectivity index (χ0n) is 9.46. The molecule has 0 spiro atoms. The Balaban J connectivity index is 2.59. The van der Waals surface area contributed by atoms with Crippen LogP contribution in [0.1, 0.15) is 25.3 Å². The summed E-state index contributed by atoms with van der Waals surface area (Å²) in [6.07, 6.45) is 2.44. The number of unbranched alkanes of at least 4 members (excludes halogenated alkanes) is 1. The third-order valence-electron chi connectivity index (χ3n) is 2.40. The smallest absolute Gasteiger partial charge is 0.0452 e. The van der Waals surface area contributed by atoms with Crippen LogP contribution in [0.2, 0.25) is 5.02 Å². The third-order valence-corrected chi connectivity index (χ3v) is 2.77. The molecule has 3 heteroatoms. The van der Waals surface area contributed by atoms with Gasteiger partial charge in [0.1, 0.15) is 0 Å². The number of hydrogen-bond donors (Lipinski definition) is 1. The number of halogens is 1. The van der Waals surface area contributed by atoms with Crippen molar-refractivity contribution in [1.29, 1.82) is 0 Å². The van der Waals surface area contributed by atoms with E-state index in [1.807, 2.05) is 18.2 Å². The van der Waals surface area contributed by atoms with Crippen molar-refractivity contribution in [2.24, 2.45) is 0 Å². The number of nitrogens with two attached hydrogens (primary N) is 1. The van der Waals surface area contributed by atoms with Crippen molar-refractivity contribution >= 4 is 17.3 Å². The van der Waals surface area contributed by atoms with Gasteiger partial charge in [-0.05, 0) is 43.8 Å². The highest BCUT2D eigenvalue weighted by Crippen LogP contribution is 2.20. The molecule has 0 atom stereocenters. The van der Waals surface area contributed by atoms with Crippen molar-refractivity contribution in [3.05, 3.63) is 28.8 Å². The summed E-state index contributed by atoms with van der Waals surface area (Å²) in [5.74, 6) is 0. The van der Waals surface area contributed by atoms with E-state index in [1.54, 1.807) is 0 Å². The number of hydrogen-bond acceptors (Lipinski definition) is 2. The van der Waals surface area contributed by atoms with Crippen LogP contribution in [0.15, 0.2) is 18.2 Å². The molecule has 0 aromatic heterocycles. The number of benzene rings is 1. The van der Waals surface area contributed by atoms with Crippen molar-refractivity contribution in [3.63, 3.8) is 0 Å². The van der Waals surface area contributed by atoms with Gasteiger partial charge in [0.15, 0.2) is 0 Å². The highest BCUT2D eigenvalue weighted by molar-refractivity contribution is 6.31. The summed E-state index contributed by atoms with van der Waals surface area (Å²) in [7, 11) is 2.11. The molecule has 84 valence electrons. The molecule has 0 amide bonds. The molecule has 1 aromatic rings. The second kappa shape index (κ2) is 5.99. The molecule has 0 aliphatic heterocycles. The fraction of sp³-hybridized carbons (Fsp3) is 0.500. The minimum Gasteiger partial charge on any atom is -0.399 e. The first-order chi connectivity index (χ1) is 7.13. The molecule has 2 N–H and O–H groups in total. The van der Waals surface area contributed by atoms with Gasteiger partial charge in [-0.25, -0.2) is 0 Å². The first-order valence-electron chi connectivity index (χ1n) is 5.36. The Kier molecular flexibility index (Phi) is 4.92. The predicted molar refractivity (Wildman–Crippen MR) is 67.1 cm³/mol. The van der Waals surface area contributed by atoms with E-state index >= 15 is 0 Å². The van der Waals surface area contributed by atoms with Crippen LogP contribution in [0, 0.1) is 0 Å². The molecule has 2 nitrogen and oxygen atoms in total. The molecule has 0 radical (unpaired) electrons. The number of nitrogens with zero attached hydrogens (tertiary/aromatic N) is 1. The summed E-state index contributed by atoms with van der Waals surface area (Å²) in [5.41, 5.74) is 7.61. The number of rotatable bonds is 5. The standard InChI is InChI=1S/C12H19ClN2/c1-3-4-7-15(2)9-10-8-11(14)5-6-12(10)13/h5-6,8H,3-4,7,9,14H2,1-2H3. The van der Waals surface area contributed by atoms with Gasteiger partial charge in [-0.1, -0.05) is 24.9 Å². The van der Waals surface area contributed by atoms with E-state index in [0.717, 1.165) is 29.4 Å². The van der Waals surface area contributed by atoms with Gasteiger partial charge in [0.25, 0.3) is 0 Å². The summed E-state index contributed by atoms with van der Waals surface area (Å²) >= 11 is 6.09. The van der Waals surface area contributed by atoms with Gasteiger partial charge in [-0.3, -0.25) is 0 Å². The summed E-state index contributed by atoms with van der Waals surface area (Å²) in [4.78, 5) is 2.27. The van der Waals surface area contributed by atoms with Crippen LogP contribution in [0.4, 0.5) is 5.69 Å². The van der Waals surface area contributed by atoms with E-state index in [9.17, 15) is 0 Å². The first kappa shape index (κ1) is 12.3. The molecule has 1 aromatic carbocycles. The molecule has 0 saturated heterocycles. The van der Waals surface area contributed by atoms with Crippen LogP contribution < -0.4 is 5.73 Å². The molecule has 0 bridgehead atoms. The largest absolute Gasteiger partial charge is 0.399 e. The highest BCUT2D eigenvalue weighted by atomic mass is 35.5. The van der Waals surface area contributed by atoms with E-state index < -0.39 is 0 Å². The van der Waals surface area contributed by atoms with Gasteiger partial charge in [0.2, 0.25) is 0 Å². The monoisotopic (exact) mass is 226 g/mol. The molecule has 0 aliphatic rings. The van der Waals surface area contributed by atoms with Crippen molar-refractivity contribution in [1.82, 2.24) is 4.90 Å². The van der Waals surface area contributed by atoms with Crippen LogP contribution in [-0.2, 0) is 6.54 Å². The Bertz CT molecular complexity index is 312. The molecule has 0 saturated carbocycles. The van der Waals surface area contributed by atoms with Crippen LogP contribution >= 0.6 is 11.6 Å². The lowest BCUT2D eigenvalue weighted by atomic mass is 10.2. The van der Waals surface area contributed by atoms with Gasteiger partial charge in [0.05, 0.1) is 0 Å². The number of nitrogen functional groups attached to an aromatic ring is 1. The van der Waals surface area contributed by atoms with Crippen molar-refractivity contribution < 1.29 is 0 Å². The van der Waals surface area contributed by atoms with Crippen molar-refractivity contribution in [2.45, 2.75) is 26.3 Å². The van der Waals surface area contributed by atoms with Gasteiger partial charge < -0.3 is 10.6 Å². The summed E-state index contributed by atoms with van der Waals surface area (Å²) < 4.78 is 0. The third kappa shape index (κ3) is 4.10. The first-order valence-corrected chi connectivity index (χ1v) is 5.73. The van der Waals surface area contributed by atoms with E-state index in [-0.39, 0.29) is 0 Å². The van der Waals surface area contributed by atoms with Gasteiger partial charge in [0, 0.05) is 17.3 Å². The predicted octanol–water partition coefficient (Wildman–Crippen LogP) is 3.15. The maximum Gasteiger partial charge on any atom is 0.0452 e. The van der Waals surface area contributed by atoms with Gasteiger partial charge in [-0.15, -0.1) is 0 Å². The zero-order chi connectivity index (χ0) is 11.3. The lowest BCUT2D eigenvalue weighted by Gasteiger charge is -2.17. The molecule has 1 rings (SSSR count). The quantitative estimate of drug-likeness (QED) is 0.782. The molecule has 0 unspecified atom stereocenters. The minimum absolute atomic E-state index is 0.776. The van der Waals surface area contributed by atoms with Crippen LogP contribution in [-0.4, -0.2) is 18.5 Å². The second-order valence-electron chi connectivity index (χ2n) is 3.94. The van der Waals surface area contributed by atoms with E-state index in [4.69, 9.17) is 17.3 Å². The molecular formula is C12H19ClN2. The van der Waals surface area contributed by atoms with E-state index in [2.05, 4.69) is 18.9 Å². The Morgan fingerprint density at radius 2 is 2.13 bits per heavy atom. The summed E-state index contributed by atoms with van der Waals surface area (Å²) in [5, 5.41) is 0.799. The Morgan fingerprint density at radius 3 is 2.80 bits per heavy atom. The SMILES string of the molecule is CCCCN(C)Cc1cc(N)ccc1Cl. The Hall–Kier alpha value is -0.730. The molecule has 0 heterocycles. The Morgan fingerprint density at radius 1 is 1.40 bits per heavy atom.